The van der Waals surface area contributed by atoms with Gasteiger partial charge in [-0.25, -0.2) is 0 Å². The first-order chi connectivity index (χ1) is 11.6. The van der Waals surface area contributed by atoms with E-state index in [1.54, 1.807) is 43.6 Å². The number of rotatable bonds is 6. The van der Waals surface area contributed by atoms with Crippen LogP contribution in [0.1, 0.15) is 31.0 Å². The average Bonchev–Trinajstić information content (AvgIpc) is 2.61. The Morgan fingerprint density at radius 2 is 2.04 bits per heavy atom. The summed E-state index contributed by atoms with van der Waals surface area (Å²) in [4.78, 5) is 28.1. The van der Waals surface area contributed by atoms with E-state index in [4.69, 9.17) is 4.74 Å². The first kappa shape index (κ1) is 17.6. The Morgan fingerprint density at radius 3 is 2.75 bits per heavy atom. The lowest BCUT2D eigenvalue weighted by Gasteiger charge is -2.14. The van der Waals surface area contributed by atoms with Gasteiger partial charge in [-0.2, -0.15) is 0 Å². The number of carbonyl (C=O) groups is 2. The molecule has 1 atom stereocenters. The third-order valence-electron chi connectivity index (χ3n) is 3.40. The molecule has 0 spiro atoms. The van der Waals surface area contributed by atoms with Crippen LogP contribution in [0.3, 0.4) is 0 Å². The zero-order valence-electron chi connectivity index (χ0n) is 13.8. The molecule has 0 saturated carbocycles. The van der Waals surface area contributed by atoms with Crippen LogP contribution >= 0.6 is 0 Å². The summed E-state index contributed by atoms with van der Waals surface area (Å²) < 4.78 is 5.33. The van der Waals surface area contributed by atoms with Gasteiger partial charge in [0.2, 0.25) is 0 Å². The van der Waals surface area contributed by atoms with Crippen molar-refractivity contribution in [3.8, 4) is 0 Å². The van der Waals surface area contributed by atoms with Crippen LogP contribution in [0.5, 0.6) is 0 Å². The molecule has 2 N–H and O–H groups in total. The molecule has 2 amide bonds. The number of amides is 2. The first-order valence-electron chi connectivity index (χ1n) is 7.78. The van der Waals surface area contributed by atoms with Gasteiger partial charge in [-0.1, -0.05) is 18.2 Å². The van der Waals surface area contributed by atoms with Gasteiger partial charge < -0.3 is 15.4 Å². The molecular weight excluding hydrogens is 306 g/mol. The minimum atomic E-state index is -0.709. The topological polar surface area (TPSA) is 80.3 Å². The van der Waals surface area contributed by atoms with E-state index in [0.29, 0.717) is 18.9 Å². The van der Waals surface area contributed by atoms with Gasteiger partial charge in [0.05, 0.1) is 12.6 Å². The second-order valence-corrected chi connectivity index (χ2v) is 5.27. The predicted molar refractivity (Wildman–Crippen MR) is 91.2 cm³/mol. The van der Waals surface area contributed by atoms with Crippen LogP contribution in [0.15, 0.2) is 48.8 Å². The highest BCUT2D eigenvalue weighted by Crippen LogP contribution is 2.12. The molecular formula is C18H21N3O3. The molecule has 2 aromatic rings. The SMILES string of the molecule is CCOCc1cccc(NC(=O)C(=O)NC(C)c2cccnc2)c1. The van der Waals surface area contributed by atoms with Gasteiger partial charge in [0.25, 0.3) is 0 Å². The Kier molecular flexibility index (Phi) is 6.45. The molecule has 0 bridgehead atoms. The third-order valence-corrected chi connectivity index (χ3v) is 3.40. The third kappa shape index (κ3) is 5.17. The predicted octanol–water partition coefficient (Wildman–Crippen LogP) is 2.43. The molecule has 1 aromatic carbocycles. The zero-order chi connectivity index (χ0) is 17.4. The zero-order valence-corrected chi connectivity index (χ0v) is 13.8. The molecule has 24 heavy (non-hydrogen) atoms. The van der Waals surface area contributed by atoms with Crippen molar-refractivity contribution in [2.75, 3.05) is 11.9 Å². The summed E-state index contributed by atoms with van der Waals surface area (Å²) in [5.74, 6) is -1.40. The highest BCUT2D eigenvalue weighted by Gasteiger charge is 2.17. The molecule has 1 heterocycles. The summed E-state index contributed by atoms with van der Waals surface area (Å²) in [6.07, 6.45) is 3.31. The van der Waals surface area contributed by atoms with Crippen LogP contribution in [0.4, 0.5) is 5.69 Å². The molecule has 0 fully saturated rings. The van der Waals surface area contributed by atoms with Crippen LogP contribution in [0, 0.1) is 0 Å². The van der Waals surface area contributed by atoms with Crippen molar-refractivity contribution >= 4 is 17.5 Å². The van der Waals surface area contributed by atoms with Gasteiger partial charge in [0.15, 0.2) is 0 Å². The van der Waals surface area contributed by atoms with E-state index in [1.807, 2.05) is 19.1 Å². The van der Waals surface area contributed by atoms with Gasteiger partial charge >= 0.3 is 11.8 Å². The first-order valence-corrected chi connectivity index (χ1v) is 7.78. The van der Waals surface area contributed by atoms with Gasteiger partial charge in [0.1, 0.15) is 0 Å². The number of hydrogen-bond acceptors (Lipinski definition) is 4. The maximum absolute atomic E-state index is 12.0. The Morgan fingerprint density at radius 1 is 1.21 bits per heavy atom. The number of carbonyl (C=O) groups excluding carboxylic acids is 2. The molecule has 1 aromatic heterocycles. The molecule has 0 radical (unpaired) electrons. The average molecular weight is 327 g/mol. The van der Waals surface area contributed by atoms with E-state index in [1.165, 1.54) is 0 Å². The summed E-state index contributed by atoms with van der Waals surface area (Å²) in [6, 6.07) is 10.5. The van der Waals surface area contributed by atoms with Crippen molar-refractivity contribution in [3.63, 3.8) is 0 Å². The molecule has 0 aliphatic heterocycles. The lowest BCUT2D eigenvalue weighted by atomic mass is 10.1. The van der Waals surface area contributed by atoms with Crippen LogP contribution in [0.2, 0.25) is 0 Å². The lowest BCUT2D eigenvalue weighted by Crippen LogP contribution is -2.36. The molecule has 6 nitrogen and oxygen atoms in total. The van der Waals surface area contributed by atoms with E-state index < -0.39 is 11.8 Å². The summed E-state index contributed by atoms with van der Waals surface area (Å²) in [7, 11) is 0. The smallest absolute Gasteiger partial charge is 0.313 e. The lowest BCUT2D eigenvalue weighted by molar-refractivity contribution is -0.136. The second kappa shape index (κ2) is 8.79. The van der Waals surface area contributed by atoms with Crippen LogP contribution < -0.4 is 10.6 Å². The Hall–Kier alpha value is -2.73. The molecule has 0 aliphatic carbocycles. The van der Waals surface area contributed by atoms with Crippen LogP contribution in [0.25, 0.3) is 0 Å². The minimum Gasteiger partial charge on any atom is -0.377 e. The monoisotopic (exact) mass is 327 g/mol. The fourth-order valence-corrected chi connectivity index (χ4v) is 2.12. The van der Waals surface area contributed by atoms with Crippen molar-refractivity contribution in [2.45, 2.75) is 26.5 Å². The van der Waals surface area contributed by atoms with Crippen molar-refractivity contribution in [1.29, 1.82) is 0 Å². The Balaban J connectivity index is 1.93. The summed E-state index contributed by atoms with van der Waals surface area (Å²) in [6.45, 7) is 4.79. The quantitative estimate of drug-likeness (QED) is 0.799. The number of ether oxygens (including phenoxy) is 1. The van der Waals surface area contributed by atoms with E-state index in [0.717, 1.165) is 11.1 Å². The van der Waals surface area contributed by atoms with E-state index >= 15 is 0 Å². The maximum atomic E-state index is 12.0. The highest BCUT2D eigenvalue weighted by molar-refractivity contribution is 6.39. The fourth-order valence-electron chi connectivity index (χ4n) is 2.12. The molecule has 1 unspecified atom stereocenters. The van der Waals surface area contributed by atoms with E-state index in [-0.39, 0.29) is 6.04 Å². The largest absolute Gasteiger partial charge is 0.377 e. The number of nitrogens with zero attached hydrogens (tertiary/aromatic N) is 1. The molecule has 6 heteroatoms. The fraction of sp³-hybridized carbons (Fsp3) is 0.278. The summed E-state index contributed by atoms with van der Waals surface area (Å²) >= 11 is 0. The molecule has 2 rings (SSSR count). The van der Waals surface area contributed by atoms with Gasteiger partial charge in [0, 0.05) is 24.7 Å². The molecule has 126 valence electrons. The Labute approximate surface area is 141 Å². The standard InChI is InChI=1S/C18H21N3O3/c1-3-24-12-14-6-4-8-16(10-14)21-18(23)17(22)20-13(2)15-7-5-9-19-11-15/h4-11,13H,3,12H2,1-2H3,(H,20,22)(H,21,23). The number of nitrogens with one attached hydrogen (secondary N) is 2. The van der Waals surface area contributed by atoms with Crippen molar-refractivity contribution in [2.24, 2.45) is 0 Å². The van der Waals surface area contributed by atoms with Gasteiger partial charge in [-0.05, 0) is 43.2 Å². The summed E-state index contributed by atoms with van der Waals surface area (Å²) in [5.41, 5.74) is 2.32. The van der Waals surface area contributed by atoms with Crippen LogP contribution in [-0.4, -0.2) is 23.4 Å². The minimum absolute atomic E-state index is 0.304. The van der Waals surface area contributed by atoms with Gasteiger partial charge in [-0.3, -0.25) is 14.6 Å². The Bertz CT molecular complexity index is 689. The number of hydrogen-bond donors (Lipinski definition) is 2. The highest BCUT2D eigenvalue weighted by atomic mass is 16.5. The van der Waals surface area contributed by atoms with Crippen molar-refractivity contribution in [3.05, 3.63) is 59.9 Å². The summed E-state index contributed by atoms with van der Waals surface area (Å²) in [5, 5.41) is 5.24. The van der Waals surface area contributed by atoms with Crippen LogP contribution in [-0.2, 0) is 20.9 Å². The molecule has 0 saturated heterocycles. The van der Waals surface area contributed by atoms with Crippen molar-refractivity contribution < 1.29 is 14.3 Å². The number of benzene rings is 1. The van der Waals surface area contributed by atoms with E-state index in [2.05, 4.69) is 15.6 Å². The number of pyridine rings is 1. The normalized spacial score (nSPS) is 11.6. The molecule has 0 aliphatic rings. The van der Waals surface area contributed by atoms with Gasteiger partial charge in [-0.15, -0.1) is 0 Å². The number of anilines is 1. The van der Waals surface area contributed by atoms with Crippen molar-refractivity contribution in [1.82, 2.24) is 10.3 Å². The number of aromatic nitrogens is 1. The van der Waals surface area contributed by atoms with E-state index in [9.17, 15) is 9.59 Å². The second-order valence-electron chi connectivity index (χ2n) is 5.27. The maximum Gasteiger partial charge on any atom is 0.313 e.